The predicted molar refractivity (Wildman–Crippen MR) is 116 cm³/mol. The smallest absolute Gasteiger partial charge is 0.126 e. The van der Waals surface area contributed by atoms with E-state index in [9.17, 15) is 4.39 Å². The van der Waals surface area contributed by atoms with Crippen molar-refractivity contribution in [1.82, 2.24) is 0 Å². The topological polar surface area (TPSA) is 20.2 Å². The minimum Gasteiger partial charge on any atom is -0.396 e. The van der Waals surface area contributed by atoms with Gasteiger partial charge in [0.05, 0.1) is 0 Å². The SMILES string of the molecule is CCCCCC1CCC(C2CCC(c3ccc(CCCO)c(F)c3)CC2)CC1. The minimum atomic E-state index is -0.0746. The molecular formula is C26H41FO. The van der Waals surface area contributed by atoms with Crippen LogP contribution in [0.2, 0.25) is 0 Å². The van der Waals surface area contributed by atoms with Crippen LogP contribution in [0, 0.1) is 23.6 Å². The van der Waals surface area contributed by atoms with Crippen LogP contribution in [0.4, 0.5) is 4.39 Å². The minimum absolute atomic E-state index is 0.0746. The molecule has 2 aliphatic carbocycles. The Balaban J connectivity index is 1.43. The number of hydrogen-bond donors (Lipinski definition) is 1. The lowest BCUT2D eigenvalue weighted by molar-refractivity contribution is 0.155. The second-order valence-electron chi connectivity index (χ2n) is 9.57. The van der Waals surface area contributed by atoms with Gasteiger partial charge >= 0.3 is 0 Å². The maximum atomic E-state index is 14.4. The average molecular weight is 389 g/mol. The molecule has 0 aromatic heterocycles. The molecule has 0 bridgehead atoms. The Morgan fingerprint density at radius 2 is 1.57 bits per heavy atom. The summed E-state index contributed by atoms with van der Waals surface area (Å²) in [5, 5.41) is 8.95. The van der Waals surface area contributed by atoms with Crippen molar-refractivity contribution in [3.8, 4) is 0 Å². The molecule has 1 aromatic rings. The van der Waals surface area contributed by atoms with Crippen molar-refractivity contribution in [2.45, 2.75) is 103 Å². The fraction of sp³-hybridized carbons (Fsp3) is 0.769. The zero-order valence-electron chi connectivity index (χ0n) is 18.0. The van der Waals surface area contributed by atoms with E-state index in [1.165, 1.54) is 82.6 Å². The van der Waals surface area contributed by atoms with Crippen LogP contribution in [0.15, 0.2) is 18.2 Å². The molecule has 0 heterocycles. The second kappa shape index (κ2) is 11.3. The van der Waals surface area contributed by atoms with Crippen molar-refractivity contribution in [2.24, 2.45) is 17.8 Å². The van der Waals surface area contributed by atoms with Gasteiger partial charge in [-0.25, -0.2) is 4.39 Å². The first-order chi connectivity index (χ1) is 13.7. The summed E-state index contributed by atoms with van der Waals surface area (Å²) in [7, 11) is 0. The third kappa shape index (κ3) is 6.05. The summed E-state index contributed by atoms with van der Waals surface area (Å²) in [5.41, 5.74) is 1.95. The monoisotopic (exact) mass is 388 g/mol. The summed E-state index contributed by atoms with van der Waals surface area (Å²) in [4.78, 5) is 0. The van der Waals surface area contributed by atoms with Crippen molar-refractivity contribution in [1.29, 1.82) is 0 Å². The summed E-state index contributed by atoms with van der Waals surface area (Å²) in [6.45, 7) is 2.43. The highest BCUT2D eigenvalue weighted by Crippen LogP contribution is 2.44. The normalized spacial score (nSPS) is 28.4. The summed E-state index contributed by atoms with van der Waals surface area (Å²) in [6, 6.07) is 5.87. The summed E-state index contributed by atoms with van der Waals surface area (Å²) >= 11 is 0. The number of halogens is 1. The maximum Gasteiger partial charge on any atom is 0.126 e. The standard InChI is InChI=1S/C26H41FO/c1-2-3-4-6-20-8-10-21(11-9-20)22-12-14-23(15-13-22)25-17-16-24(7-5-18-28)26(27)19-25/h16-17,19-23,28H,2-15,18H2,1H3. The van der Waals surface area contributed by atoms with E-state index >= 15 is 0 Å². The van der Waals surface area contributed by atoms with E-state index in [1.54, 1.807) is 6.07 Å². The average Bonchev–Trinajstić information content (AvgIpc) is 2.74. The van der Waals surface area contributed by atoms with E-state index in [1.807, 2.05) is 6.07 Å². The van der Waals surface area contributed by atoms with Crippen LogP contribution in [0.25, 0.3) is 0 Å². The summed E-state index contributed by atoms with van der Waals surface area (Å²) in [5.74, 6) is 3.35. The molecule has 1 nitrogen and oxygen atoms in total. The molecule has 1 N–H and O–H groups in total. The molecule has 0 saturated heterocycles. The third-order valence-corrected chi connectivity index (χ3v) is 7.70. The molecule has 2 aliphatic rings. The van der Waals surface area contributed by atoms with Crippen molar-refractivity contribution < 1.29 is 9.50 Å². The number of benzene rings is 1. The summed E-state index contributed by atoms with van der Waals surface area (Å²) in [6.07, 6.45) is 17.9. The van der Waals surface area contributed by atoms with Crippen LogP contribution < -0.4 is 0 Å². The van der Waals surface area contributed by atoms with E-state index in [0.29, 0.717) is 18.8 Å². The van der Waals surface area contributed by atoms with Gasteiger partial charge in [0, 0.05) is 6.61 Å². The van der Waals surface area contributed by atoms with Gasteiger partial charge in [0.2, 0.25) is 0 Å². The van der Waals surface area contributed by atoms with Crippen molar-refractivity contribution >= 4 is 0 Å². The molecule has 0 spiro atoms. The first kappa shape index (κ1) is 21.8. The Morgan fingerprint density at radius 3 is 2.18 bits per heavy atom. The Hall–Kier alpha value is -0.890. The third-order valence-electron chi connectivity index (χ3n) is 7.70. The number of aryl methyl sites for hydroxylation is 1. The predicted octanol–water partition coefficient (Wildman–Crippen LogP) is 7.41. The van der Waals surface area contributed by atoms with Crippen molar-refractivity contribution in [3.05, 3.63) is 35.1 Å². The highest BCUT2D eigenvalue weighted by molar-refractivity contribution is 5.27. The lowest BCUT2D eigenvalue weighted by Gasteiger charge is -2.38. The largest absolute Gasteiger partial charge is 0.396 e. The van der Waals surface area contributed by atoms with E-state index < -0.39 is 0 Å². The zero-order valence-corrected chi connectivity index (χ0v) is 18.0. The lowest BCUT2D eigenvalue weighted by Crippen LogP contribution is -2.25. The molecule has 158 valence electrons. The van der Waals surface area contributed by atoms with E-state index in [4.69, 9.17) is 5.11 Å². The van der Waals surface area contributed by atoms with Crippen LogP contribution in [0.1, 0.15) is 107 Å². The quantitative estimate of drug-likeness (QED) is 0.437. The Bertz CT molecular complexity index is 568. The molecule has 2 fully saturated rings. The van der Waals surface area contributed by atoms with Gasteiger partial charge < -0.3 is 5.11 Å². The molecule has 2 heteroatoms. The van der Waals surface area contributed by atoms with Gasteiger partial charge in [0.1, 0.15) is 5.82 Å². The number of aliphatic hydroxyl groups excluding tert-OH is 1. The van der Waals surface area contributed by atoms with Crippen molar-refractivity contribution in [2.75, 3.05) is 6.61 Å². The maximum absolute atomic E-state index is 14.4. The van der Waals surface area contributed by atoms with Gasteiger partial charge in [-0.15, -0.1) is 0 Å². The van der Waals surface area contributed by atoms with Gasteiger partial charge in [-0.1, -0.05) is 57.6 Å². The molecule has 0 aliphatic heterocycles. The Labute approximate surface area is 172 Å². The van der Waals surface area contributed by atoms with Crippen LogP contribution in [-0.2, 0) is 6.42 Å². The fourth-order valence-electron chi connectivity index (χ4n) is 5.85. The summed E-state index contributed by atoms with van der Waals surface area (Å²) < 4.78 is 14.4. The second-order valence-corrected chi connectivity index (χ2v) is 9.57. The first-order valence-electron chi connectivity index (χ1n) is 12.1. The van der Waals surface area contributed by atoms with E-state index in [-0.39, 0.29) is 12.4 Å². The zero-order chi connectivity index (χ0) is 19.8. The van der Waals surface area contributed by atoms with Gasteiger partial charge in [-0.05, 0) is 92.2 Å². The van der Waals surface area contributed by atoms with Gasteiger partial charge in [-0.3, -0.25) is 0 Å². The molecule has 1 aromatic carbocycles. The molecule has 28 heavy (non-hydrogen) atoms. The van der Waals surface area contributed by atoms with Gasteiger partial charge in [-0.2, -0.15) is 0 Å². The highest BCUT2D eigenvalue weighted by Gasteiger charge is 2.31. The van der Waals surface area contributed by atoms with Gasteiger partial charge in [0.15, 0.2) is 0 Å². The number of unbranched alkanes of at least 4 members (excludes halogenated alkanes) is 2. The van der Waals surface area contributed by atoms with Crippen LogP contribution in [0.5, 0.6) is 0 Å². The molecular weight excluding hydrogens is 347 g/mol. The number of rotatable bonds is 9. The molecule has 2 saturated carbocycles. The fourth-order valence-corrected chi connectivity index (χ4v) is 5.85. The van der Waals surface area contributed by atoms with E-state index in [0.717, 1.165) is 23.3 Å². The number of aliphatic hydroxyl groups is 1. The molecule has 0 unspecified atom stereocenters. The van der Waals surface area contributed by atoms with E-state index in [2.05, 4.69) is 13.0 Å². The molecule has 3 rings (SSSR count). The molecule has 0 atom stereocenters. The van der Waals surface area contributed by atoms with Crippen LogP contribution in [0.3, 0.4) is 0 Å². The highest BCUT2D eigenvalue weighted by atomic mass is 19.1. The molecule has 0 radical (unpaired) electrons. The van der Waals surface area contributed by atoms with Crippen molar-refractivity contribution in [3.63, 3.8) is 0 Å². The molecule has 0 amide bonds. The first-order valence-corrected chi connectivity index (χ1v) is 12.1. The van der Waals surface area contributed by atoms with Crippen LogP contribution in [-0.4, -0.2) is 11.7 Å². The Kier molecular flexibility index (Phi) is 8.83. The Morgan fingerprint density at radius 1 is 0.893 bits per heavy atom. The number of hydrogen-bond acceptors (Lipinski definition) is 1. The van der Waals surface area contributed by atoms with Crippen LogP contribution >= 0.6 is 0 Å². The van der Waals surface area contributed by atoms with Gasteiger partial charge in [0.25, 0.3) is 0 Å². The lowest BCUT2D eigenvalue weighted by atomic mass is 9.68.